The Kier molecular flexibility index (Phi) is 1.30. The molecule has 2 heterocycles. The van der Waals surface area contributed by atoms with Gasteiger partial charge < -0.3 is 9.88 Å². The van der Waals surface area contributed by atoms with Crippen molar-refractivity contribution in [3.05, 3.63) is 33.7 Å². The minimum Gasteiger partial charge on any atom is -0.337 e. The van der Waals surface area contributed by atoms with Crippen molar-refractivity contribution in [3.63, 3.8) is 0 Å². The molecule has 1 amide bonds. The molecule has 0 bridgehead atoms. The van der Waals surface area contributed by atoms with E-state index < -0.39 is 0 Å². The lowest BCUT2D eigenvalue weighted by Crippen LogP contribution is -2.17. The summed E-state index contributed by atoms with van der Waals surface area (Å²) in [5, 5.41) is 0. The molecule has 0 aliphatic carbocycles. The first-order chi connectivity index (χ1) is 5.68. The summed E-state index contributed by atoms with van der Waals surface area (Å²) in [5.41, 5.74) is 1.26. The number of aromatic nitrogens is 1. The number of pyridine rings is 1. The molecule has 0 fully saturated rings. The van der Waals surface area contributed by atoms with Gasteiger partial charge in [-0.2, -0.15) is 0 Å². The first-order valence-electron chi connectivity index (χ1n) is 3.65. The summed E-state index contributed by atoms with van der Waals surface area (Å²) in [6.45, 7) is 0.540. The summed E-state index contributed by atoms with van der Waals surface area (Å²) < 4.78 is 0. The van der Waals surface area contributed by atoms with Crippen LogP contribution in [0.4, 0.5) is 0 Å². The molecule has 4 heteroatoms. The van der Waals surface area contributed by atoms with E-state index in [4.69, 9.17) is 0 Å². The number of nitrogens with one attached hydrogen (secondary N) is 1. The average molecular weight is 164 g/mol. The van der Waals surface area contributed by atoms with Crippen molar-refractivity contribution in [1.29, 1.82) is 0 Å². The predicted molar refractivity (Wildman–Crippen MR) is 42.9 cm³/mol. The molecule has 0 saturated carbocycles. The lowest BCUT2D eigenvalue weighted by atomic mass is 10.2. The number of nitrogens with zero attached hydrogens (tertiary/aromatic N) is 1. The number of carbonyl (C=O) groups excluding carboxylic acids is 1. The van der Waals surface area contributed by atoms with Crippen LogP contribution in [0.15, 0.2) is 17.1 Å². The molecule has 0 radical (unpaired) electrons. The highest BCUT2D eigenvalue weighted by molar-refractivity contribution is 5.97. The Morgan fingerprint density at radius 2 is 2.25 bits per heavy atom. The summed E-state index contributed by atoms with van der Waals surface area (Å²) in [7, 11) is 1.72. The quantitative estimate of drug-likeness (QED) is 0.585. The molecular formula is C8H8N2O2. The molecule has 1 aromatic heterocycles. The first kappa shape index (κ1) is 7.09. The van der Waals surface area contributed by atoms with E-state index in [1.54, 1.807) is 11.9 Å². The summed E-state index contributed by atoms with van der Waals surface area (Å²) in [6, 6.07) is 1.47. The summed E-state index contributed by atoms with van der Waals surface area (Å²) in [4.78, 5) is 26.2. The minimum absolute atomic E-state index is 0.0266. The van der Waals surface area contributed by atoms with Crippen LogP contribution < -0.4 is 5.56 Å². The van der Waals surface area contributed by atoms with Gasteiger partial charge in [-0.3, -0.25) is 9.59 Å². The molecule has 0 aromatic carbocycles. The maximum atomic E-state index is 11.3. The number of fused-ring (bicyclic) bond motifs is 1. The highest BCUT2D eigenvalue weighted by Crippen LogP contribution is 2.17. The molecule has 0 saturated heterocycles. The molecule has 12 heavy (non-hydrogen) atoms. The number of aromatic amines is 1. The largest absolute Gasteiger partial charge is 0.337 e. The first-order valence-corrected chi connectivity index (χ1v) is 3.65. The fourth-order valence-electron chi connectivity index (χ4n) is 1.38. The van der Waals surface area contributed by atoms with Crippen molar-refractivity contribution >= 4 is 5.91 Å². The Morgan fingerprint density at radius 3 is 3.00 bits per heavy atom. The Morgan fingerprint density at radius 1 is 1.50 bits per heavy atom. The smallest absolute Gasteiger partial charge is 0.255 e. The van der Waals surface area contributed by atoms with Crippen molar-refractivity contribution in [2.24, 2.45) is 0 Å². The standard InChI is InChI=1S/C8H8N2O2/c1-10-4-5-2-7(11)9-3-6(5)8(10)12/h2-3H,4H2,1H3,(H,9,11). The van der Waals surface area contributed by atoms with Gasteiger partial charge in [-0.05, 0) is 5.56 Å². The van der Waals surface area contributed by atoms with E-state index in [0.29, 0.717) is 12.1 Å². The molecule has 1 aliphatic heterocycles. The van der Waals surface area contributed by atoms with E-state index in [0.717, 1.165) is 5.56 Å². The summed E-state index contributed by atoms with van der Waals surface area (Å²) in [5.74, 6) is -0.0266. The Balaban J connectivity index is 2.62. The van der Waals surface area contributed by atoms with Gasteiger partial charge in [0.2, 0.25) is 5.56 Å². The molecule has 1 aromatic rings. The predicted octanol–water partition coefficient (Wildman–Crippen LogP) is -0.0395. The molecule has 0 unspecified atom stereocenters. The van der Waals surface area contributed by atoms with Crippen LogP contribution in [0.2, 0.25) is 0 Å². The van der Waals surface area contributed by atoms with Gasteiger partial charge in [0.25, 0.3) is 5.91 Å². The Bertz CT molecular complexity index is 394. The molecule has 1 aliphatic rings. The van der Waals surface area contributed by atoms with Crippen LogP contribution in [0, 0.1) is 0 Å². The molecule has 1 N–H and O–H groups in total. The summed E-state index contributed by atoms with van der Waals surface area (Å²) in [6.07, 6.45) is 1.48. The van der Waals surface area contributed by atoms with Crippen LogP contribution in [0.5, 0.6) is 0 Å². The fraction of sp³-hybridized carbons (Fsp3) is 0.250. The summed E-state index contributed by atoms with van der Waals surface area (Å²) >= 11 is 0. The fourth-order valence-corrected chi connectivity index (χ4v) is 1.38. The number of hydrogen-bond donors (Lipinski definition) is 1. The number of carbonyl (C=O) groups is 1. The number of H-pyrrole nitrogens is 1. The van der Waals surface area contributed by atoms with Crippen molar-refractivity contribution in [3.8, 4) is 0 Å². The van der Waals surface area contributed by atoms with E-state index in [9.17, 15) is 9.59 Å². The number of amides is 1. The van der Waals surface area contributed by atoms with Gasteiger partial charge in [-0.15, -0.1) is 0 Å². The third-order valence-electron chi connectivity index (χ3n) is 1.99. The molecule has 4 nitrogen and oxygen atoms in total. The number of rotatable bonds is 0. The topological polar surface area (TPSA) is 53.2 Å². The third kappa shape index (κ3) is 0.845. The van der Waals surface area contributed by atoms with Gasteiger partial charge in [-0.25, -0.2) is 0 Å². The maximum Gasteiger partial charge on any atom is 0.255 e. The second kappa shape index (κ2) is 2.20. The molecule has 62 valence electrons. The van der Waals surface area contributed by atoms with Crippen LogP contribution in [0.3, 0.4) is 0 Å². The van der Waals surface area contributed by atoms with Gasteiger partial charge >= 0.3 is 0 Å². The second-order valence-corrected chi connectivity index (χ2v) is 2.90. The molecule has 0 atom stereocenters. The Labute approximate surface area is 68.8 Å². The van der Waals surface area contributed by atoms with Gasteiger partial charge in [0, 0.05) is 25.9 Å². The van der Waals surface area contributed by atoms with Crippen LogP contribution >= 0.6 is 0 Å². The van der Waals surface area contributed by atoms with Crippen molar-refractivity contribution in [2.75, 3.05) is 7.05 Å². The zero-order valence-electron chi connectivity index (χ0n) is 6.63. The molecule has 0 spiro atoms. The lowest BCUT2D eigenvalue weighted by Gasteiger charge is -2.04. The van der Waals surface area contributed by atoms with E-state index in [1.807, 2.05) is 0 Å². The monoisotopic (exact) mass is 164 g/mol. The van der Waals surface area contributed by atoms with Gasteiger partial charge in [0.1, 0.15) is 0 Å². The number of hydrogen-bond acceptors (Lipinski definition) is 2. The third-order valence-corrected chi connectivity index (χ3v) is 1.99. The van der Waals surface area contributed by atoms with Gasteiger partial charge in [0.05, 0.1) is 5.56 Å². The van der Waals surface area contributed by atoms with Crippen LogP contribution in [-0.4, -0.2) is 22.8 Å². The second-order valence-electron chi connectivity index (χ2n) is 2.90. The SMILES string of the molecule is CN1Cc2cc(=O)[nH]cc2C1=O. The van der Waals surface area contributed by atoms with Crippen molar-refractivity contribution in [1.82, 2.24) is 9.88 Å². The van der Waals surface area contributed by atoms with Gasteiger partial charge in [0.15, 0.2) is 0 Å². The van der Waals surface area contributed by atoms with E-state index in [1.165, 1.54) is 12.3 Å². The van der Waals surface area contributed by atoms with Crippen LogP contribution in [0.1, 0.15) is 15.9 Å². The zero-order valence-corrected chi connectivity index (χ0v) is 6.63. The average Bonchev–Trinajstić information content (AvgIpc) is 2.28. The molecular weight excluding hydrogens is 156 g/mol. The zero-order chi connectivity index (χ0) is 8.72. The Hall–Kier alpha value is -1.58. The van der Waals surface area contributed by atoms with Crippen molar-refractivity contribution in [2.45, 2.75) is 6.54 Å². The lowest BCUT2D eigenvalue weighted by molar-refractivity contribution is 0.0816. The van der Waals surface area contributed by atoms with Crippen LogP contribution in [-0.2, 0) is 6.54 Å². The van der Waals surface area contributed by atoms with Crippen molar-refractivity contribution < 1.29 is 4.79 Å². The highest BCUT2D eigenvalue weighted by Gasteiger charge is 2.24. The highest BCUT2D eigenvalue weighted by atomic mass is 16.2. The minimum atomic E-state index is -0.156. The molecule has 2 rings (SSSR count). The van der Waals surface area contributed by atoms with E-state index in [-0.39, 0.29) is 11.5 Å². The van der Waals surface area contributed by atoms with Gasteiger partial charge in [-0.1, -0.05) is 0 Å². The maximum absolute atomic E-state index is 11.3. The van der Waals surface area contributed by atoms with Crippen LogP contribution in [0.25, 0.3) is 0 Å². The van der Waals surface area contributed by atoms with E-state index in [2.05, 4.69) is 4.98 Å². The normalized spacial score (nSPS) is 15.1. The van der Waals surface area contributed by atoms with E-state index >= 15 is 0 Å².